The van der Waals surface area contributed by atoms with Crippen LogP contribution in [-0.2, 0) is 14.4 Å². The van der Waals surface area contributed by atoms with Gasteiger partial charge >= 0.3 is 0 Å². The summed E-state index contributed by atoms with van der Waals surface area (Å²) in [6.07, 6.45) is 1.45. The van der Waals surface area contributed by atoms with Gasteiger partial charge in [0.15, 0.2) is 0 Å². The molecule has 3 rings (SSSR count). The molecule has 0 spiro atoms. The molecule has 0 saturated carbocycles. The Balaban J connectivity index is 1.72. The van der Waals surface area contributed by atoms with Gasteiger partial charge in [-0.15, -0.1) is 0 Å². The molecule has 0 bridgehead atoms. The average Bonchev–Trinajstić information content (AvgIpc) is 3.11. The minimum Gasteiger partial charge on any atom is -0.331 e. The van der Waals surface area contributed by atoms with Crippen LogP contribution in [0.5, 0.6) is 0 Å². The summed E-state index contributed by atoms with van der Waals surface area (Å²) in [6.45, 7) is 2.77. The van der Waals surface area contributed by atoms with Crippen molar-refractivity contribution in [2.75, 3.05) is 31.1 Å². The number of para-hydroxylation sites is 1. The van der Waals surface area contributed by atoms with Crippen molar-refractivity contribution in [3.05, 3.63) is 29.8 Å². The van der Waals surface area contributed by atoms with E-state index in [9.17, 15) is 19.6 Å². The van der Waals surface area contributed by atoms with E-state index in [0.717, 1.165) is 6.42 Å². The highest BCUT2D eigenvalue weighted by atomic mass is 16.2. The summed E-state index contributed by atoms with van der Waals surface area (Å²) in [4.78, 5) is 41.6. The average molecular weight is 340 g/mol. The van der Waals surface area contributed by atoms with E-state index < -0.39 is 6.04 Å². The van der Waals surface area contributed by atoms with Crippen molar-refractivity contribution in [2.24, 2.45) is 0 Å². The number of benzene rings is 1. The molecule has 2 saturated heterocycles. The summed E-state index contributed by atoms with van der Waals surface area (Å²) >= 11 is 0. The summed E-state index contributed by atoms with van der Waals surface area (Å²) in [7, 11) is 0. The van der Waals surface area contributed by atoms with Crippen molar-refractivity contribution in [2.45, 2.75) is 25.8 Å². The van der Waals surface area contributed by atoms with Crippen LogP contribution in [0.15, 0.2) is 24.3 Å². The van der Waals surface area contributed by atoms with Gasteiger partial charge in [0.1, 0.15) is 18.7 Å². The van der Waals surface area contributed by atoms with Crippen LogP contribution in [0.25, 0.3) is 0 Å². The molecule has 1 aromatic carbocycles. The van der Waals surface area contributed by atoms with Gasteiger partial charge in [-0.05, 0) is 25.0 Å². The van der Waals surface area contributed by atoms with Gasteiger partial charge in [0, 0.05) is 26.6 Å². The van der Waals surface area contributed by atoms with Gasteiger partial charge < -0.3 is 14.7 Å². The Labute approximate surface area is 146 Å². The Morgan fingerprint density at radius 3 is 2.64 bits per heavy atom. The zero-order valence-electron chi connectivity index (χ0n) is 14.1. The third kappa shape index (κ3) is 3.20. The largest absolute Gasteiger partial charge is 0.331 e. The number of hydrogen-bond donors (Lipinski definition) is 0. The zero-order chi connectivity index (χ0) is 18.0. The van der Waals surface area contributed by atoms with Crippen molar-refractivity contribution >= 4 is 23.4 Å². The second-order valence-electron chi connectivity index (χ2n) is 6.30. The quantitative estimate of drug-likeness (QED) is 0.795. The highest BCUT2D eigenvalue weighted by Crippen LogP contribution is 2.24. The van der Waals surface area contributed by atoms with Crippen molar-refractivity contribution in [3.63, 3.8) is 0 Å². The number of nitrogens with zero attached hydrogens (tertiary/aromatic N) is 4. The van der Waals surface area contributed by atoms with Crippen LogP contribution in [0.4, 0.5) is 5.69 Å². The summed E-state index contributed by atoms with van der Waals surface area (Å²) in [5, 5.41) is 9.21. The van der Waals surface area contributed by atoms with Gasteiger partial charge in [-0.3, -0.25) is 14.4 Å². The lowest BCUT2D eigenvalue weighted by Crippen LogP contribution is -2.56. The number of piperazine rings is 1. The maximum atomic E-state index is 12.7. The standard InChI is InChI=1S/C18H20N4O3/c1-13(23)21-8-4-7-16(21)18(25)20-9-10-22(17(24)12-20)15-6-3-2-5-14(15)11-19/h2-3,5-6,16H,4,7-10,12H2,1H3/t16-/m0/s1. The first-order valence-electron chi connectivity index (χ1n) is 8.38. The molecule has 0 radical (unpaired) electrons. The van der Waals surface area contributed by atoms with Crippen LogP contribution >= 0.6 is 0 Å². The first-order valence-corrected chi connectivity index (χ1v) is 8.38. The lowest BCUT2D eigenvalue weighted by atomic mass is 10.1. The number of anilines is 1. The molecule has 25 heavy (non-hydrogen) atoms. The monoisotopic (exact) mass is 340 g/mol. The minimum atomic E-state index is -0.455. The van der Waals surface area contributed by atoms with E-state index >= 15 is 0 Å². The molecular weight excluding hydrogens is 320 g/mol. The molecule has 3 amide bonds. The molecule has 0 N–H and O–H groups in total. The molecular formula is C18H20N4O3. The SMILES string of the molecule is CC(=O)N1CCC[C@H]1C(=O)N1CCN(c2ccccc2C#N)C(=O)C1. The van der Waals surface area contributed by atoms with Crippen LogP contribution in [0.1, 0.15) is 25.3 Å². The van der Waals surface area contributed by atoms with Crippen LogP contribution in [0, 0.1) is 11.3 Å². The predicted molar refractivity (Wildman–Crippen MR) is 90.5 cm³/mol. The second kappa shape index (κ2) is 6.93. The molecule has 0 aliphatic carbocycles. The third-order valence-corrected chi connectivity index (χ3v) is 4.79. The first-order chi connectivity index (χ1) is 12.0. The van der Waals surface area contributed by atoms with Gasteiger partial charge in [-0.2, -0.15) is 5.26 Å². The summed E-state index contributed by atoms with van der Waals surface area (Å²) in [5.74, 6) is -0.479. The van der Waals surface area contributed by atoms with E-state index in [1.165, 1.54) is 11.8 Å². The Bertz CT molecular complexity index is 755. The third-order valence-electron chi connectivity index (χ3n) is 4.79. The fourth-order valence-corrected chi connectivity index (χ4v) is 3.53. The highest BCUT2D eigenvalue weighted by Gasteiger charge is 2.38. The fourth-order valence-electron chi connectivity index (χ4n) is 3.53. The van der Waals surface area contributed by atoms with E-state index in [1.54, 1.807) is 34.1 Å². The molecule has 1 aromatic rings. The number of rotatable bonds is 2. The molecule has 2 aliphatic rings. The highest BCUT2D eigenvalue weighted by molar-refractivity contribution is 6.00. The number of hydrogen-bond acceptors (Lipinski definition) is 4. The Kier molecular flexibility index (Phi) is 4.70. The Morgan fingerprint density at radius 1 is 1.20 bits per heavy atom. The van der Waals surface area contributed by atoms with E-state index in [4.69, 9.17) is 0 Å². The van der Waals surface area contributed by atoms with Crippen LogP contribution in [0.2, 0.25) is 0 Å². The lowest BCUT2D eigenvalue weighted by Gasteiger charge is -2.37. The molecule has 2 aliphatic heterocycles. The molecule has 2 fully saturated rings. The van der Waals surface area contributed by atoms with Gasteiger partial charge in [-0.25, -0.2) is 0 Å². The molecule has 2 heterocycles. The summed E-state index contributed by atoms with van der Waals surface area (Å²) < 4.78 is 0. The predicted octanol–water partition coefficient (Wildman–Crippen LogP) is 0.744. The van der Waals surface area contributed by atoms with Gasteiger partial charge in [0.2, 0.25) is 17.7 Å². The number of likely N-dealkylation sites (tertiary alicyclic amines) is 1. The van der Waals surface area contributed by atoms with Crippen molar-refractivity contribution in [1.29, 1.82) is 5.26 Å². The van der Waals surface area contributed by atoms with Crippen molar-refractivity contribution in [3.8, 4) is 6.07 Å². The van der Waals surface area contributed by atoms with Crippen LogP contribution < -0.4 is 4.90 Å². The number of amides is 3. The van der Waals surface area contributed by atoms with Crippen LogP contribution in [0.3, 0.4) is 0 Å². The van der Waals surface area contributed by atoms with E-state index in [-0.39, 0.29) is 24.3 Å². The number of carbonyl (C=O) groups excluding carboxylic acids is 3. The zero-order valence-corrected chi connectivity index (χ0v) is 14.1. The van der Waals surface area contributed by atoms with E-state index in [1.807, 2.05) is 0 Å². The smallest absolute Gasteiger partial charge is 0.246 e. The van der Waals surface area contributed by atoms with Gasteiger partial charge in [0.05, 0.1) is 11.3 Å². The Morgan fingerprint density at radius 2 is 1.96 bits per heavy atom. The second-order valence-corrected chi connectivity index (χ2v) is 6.30. The summed E-state index contributed by atoms with van der Waals surface area (Å²) in [5.41, 5.74) is 1.02. The number of carbonyl (C=O) groups is 3. The number of nitriles is 1. The minimum absolute atomic E-state index is 0.0269. The molecule has 7 nitrogen and oxygen atoms in total. The molecule has 7 heteroatoms. The summed E-state index contributed by atoms with van der Waals surface area (Å²) in [6, 6.07) is 8.58. The fraction of sp³-hybridized carbons (Fsp3) is 0.444. The van der Waals surface area contributed by atoms with E-state index in [0.29, 0.717) is 37.3 Å². The topological polar surface area (TPSA) is 84.7 Å². The normalized spacial score (nSPS) is 20.6. The lowest BCUT2D eigenvalue weighted by molar-refractivity contribution is -0.145. The maximum absolute atomic E-state index is 12.7. The Hall–Kier alpha value is -2.88. The molecule has 130 valence electrons. The molecule has 0 unspecified atom stereocenters. The van der Waals surface area contributed by atoms with Crippen molar-refractivity contribution < 1.29 is 14.4 Å². The van der Waals surface area contributed by atoms with Crippen molar-refractivity contribution in [1.82, 2.24) is 9.80 Å². The van der Waals surface area contributed by atoms with Gasteiger partial charge in [0.25, 0.3) is 0 Å². The van der Waals surface area contributed by atoms with Gasteiger partial charge in [-0.1, -0.05) is 12.1 Å². The maximum Gasteiger partial charge on any atom is 0.246 e. The molecule has 0 aromatic heterocycles. The molecule has 1 atom stereocenters. The van der Waals surface area contributed by atoms with Crippen LogP contribution in [-0.4, -0.2) is 59.7 Å². The van der Waals surface area contributed by atoms with E-state index in [2.05, 4.69) is 6.07 Å². The first kappa shape index (κ1) is 17.0.